The molecule has 0 unspecified atom stereocenters. The van der Waals surface area contributed by atoms with Crippen molar-refractivity contribution in [2.45, 2.75) is 13.8 Å². The van der Waals surface area contributed by atoms with Crippen molar-refractivity contribution in [3.05, 3.63) is 71.4 Å². The van der Waals surface area contributed by atoms with E-state index in [9.17, 15) is 4.79 Å². The van der Waals surface area contributed by atoms with Crippen LogP contribution in [0.3, 0.4) is 0 Å². The van der Waals surface area contributed by atoms with E-state index in [2.05, 4.69) is 10.3 Å². The quantitative estimate of drug-likeness (QED) is 0.730. The predicted octanol–water partition coefficient (Wildman–Crippen LogP) is 3.66. The van der Waals surface area contributed by atoms with E-state index in [1.807, 2.05) is 68.4 Å². The van der Waals surface area contributed by atoms with E-state index in [1.165, 1.54) is 5.56 Å². The molecule has 0 fully saturated rings. The average Bonchev–Trinajstić information content (AvgIpc) is 2.59. The van der Waals surface area contributed by atoms with Crippen LogP contribution in [0.15, 0.2) is 54.6 Å². The molecule has 3 aromatic rings. The van der Waals surface area contributed by atoms with Crippen LogP contribution in [0.5, 0.6) is 5.75 Å². The van der Waals surface area contributed by atoms with E-state index < -0.39 is 0 Å². The number of hydrogen-bond donors (Lipinski definition) is 1. The first-order valence-corrected chi connectivity index (χ1v) is 7.97. The first-order valence-electron chi connectivity index (χ1n) is 7.97. The van der Waals surface area contributed by atoms with Gasteiger partial charge >= 0.3 is 0 Å². The van der Waals surface area contributed by atoms with Gasteiger partial charge in [0.1, 0.15) is 12.4 Å². The van der Waals surface area contributed by atoms with Gasteiger partial charge in [-0.15, -0.1) is 0 Å². The fourth-order valence-electron chi connectivity index (χ4n) is 2.51. The fraction of sp³-hybridized carbons (Fsp3) is 0.200. The molecular weight excluding hydrogens is 300 g/mol. The molecule has 2 aromatic carbocycles. The largest absolute Gasteiger partial charge is 0.492 e. The lowest BCUT2D eigenvalue weighted by molar-refractivity contribution is 0.0946. The summed E-state index contributed by atoms with van der Waals surface area (Å²) in [6.07, 6.45) is 0. The maximum absolute atomic E-state index is 12.4. The first kappa shape index (κ1) is 16.0. The molecule has 4 nitrogen and oxygen atoms in total. The van der Waals surface area contributed by atoms with Gasteiger partial charge in [-0.3, -0.25) is 9.78 Å². The summed E-state index contributed by atoms with van der Waals surface area (Å²) in [5, 5.41) is 3.84. The zero-order valence-electron chi connectivity index (χ0n) is 13.9. The molecule has 122 valence electrons. The van der Waals surface area contributed by atoms with Crippen LogP contribution in [0, 0.1) is 13.8 Å². The summed E-state index contributed by atoms with van der Waals surface area (Å²) in [7, 11) is 0. The first-order chi connectivity index (χ1) is 11.6. The number of carbonyl (C=O) groups excluding carboxylic acids is 1. The molecule has 24 heavy (non-hydrogen) atoms. The highest BCUT2D eigenvalue weighted by molar-refractivity contribution is 5.98. The number of nitrogens with one attached hydrogen (secondary N) is 1. The monoisotopic (exact) mass is 320 g/mol. The second kappa shape index (κ2) is 7.13. The van der Waals surface area contributed by atoms with E-state index in [0.29, 0.717) is 18.7 Å². The topological polar surface area (TPSA) is 51.2 Å². The molecule has 3 rings (SSSR count). The lowest BCUT2D eigenvalue weighted by Gasteiger charge is -2.10. The second-order valence-corrected chi connectivity index (χ2v) is 5.73. The van der Waals surface area contributed by atoms with Gasteiger partial charge in [-0.05, 0) is 38.1 Å². The number of fused-ring (bicyclic) bond motifs is 1. The molecule has 0 saturated heterocycles. The van der Waals surface area contributed by atoms with Crippen LogP contribution in [-0.4, -0.2) is 24.0 Å². The highest BCUT2D eigenvalue weighted by Crippen LogP contribution is 2.16. The zero-order valence-corrected chi connectivity index (χ0v) is 13.9. The fourth-order valence-corrected chi connectivity index (χ4v) is 2.51. The van der Waals surface area contributed by atoms with Gasteiger partial charge in [-0.1, -0.05) is 35.9 Å². The molecule has 0 aliphatic heterocycles. The summed E-state index contributed by atoms with van der Waals surface area (Å²) in [4.78, 5) is 16.8. The van der Waals surface area contributed by atoms with Crippen LogP contribution >= 0.6 is 0 Å². The molecule has 0 aliphatic rings. The van der Waals surface area contributed by atoms with Crippen molar-refractivity contribution in [2.24, 2.45) is 0 Å². The summed E-state index contributed by atoms with van der Waals surface area (Å²) in [5.74, 6) is 0.677. The van der Waals surface area contributed by atoms with E-state index in [4.69, 9.17) is 4.74 Å². The third kappa shape index (κ3) is 3.71. The third-order valence-corrected chi connectivity index (χ3v) is 3.84. The Balaban J connectivity index is 1.59. The Morgan fingerprint density at radius 1 is 1.08 bits per heavy atom. The van der Waals surface area contributed by atoms with Gasteiger partial charge < -0.3 is 10.1 Å². The van der Waals surface area contributed by atoms with Crippen LogP contribution in [0.25, 0.3) is 10.9 Å². The molecular formula is C20H20N2O2. The Morgan fingerprint density at radius 3 is 2.62 bits per heavy atom. The molecule has 1 N–H and O–H groups in total. The zero-order chi connectivity index (χ0) is 16.9. The summed E-state index contributed by atoms with van der Waals surface area (Å²) in [5.41, 5.74) is 3.42. The summed E-state index contributed by atoms with van der Waals surface area (Å²) >= 11 is 0. The highest BCUT2D eigenvalue weighted by atomic mass is 16.5. The van der Waals surface area contributed by atoms with Crippen molar-refractivity contribution in [1.82, 2.24) is 10.3 Å². The molecule has 0 spiro atoms. The Morgan fingerprint density at radius 2 is 1.83 bits per heavy atom. The number of aryl methyl sites for hydroxylation is 2. The number of ether oxygens (including phenoxy) is 1. The van der Waals surface area contributed by atoms with Crippen LogP contribution in [0.4, 0.5) is 0 Å². The summed E-state index contributed by atoms with van der Waals surface area (Å²) < 4.78 is 5.62. The van der Waals surface area contributed by atoms with E-state index in [0.717, 1.165) is 22.3 Å². The third-order valence-electron chi connectivity index (χ3n) is 3.84. The Kier molecular flexibility index (Phi) is 4.75. The molecule has 4 heteroatoms. The smallest absolute Gasteiger partial charge is 0.253 e. The Hall–Kier alpha value is -2.88. The number of carbonyl (C=O) groups is 1. The standard InChI is InChI=1S/C20H20N2O2/c1-14-7-9-17(10-8-14)24-12-11-21-20(23)18-13-16-5-3-4-6-19(16)22-15(18)2/h3-10,13H,11-12H2,1-2H3,(H,21,23). The number of pyridine rings is 1. The number of benzene rings is 2. The SMILES string of the molecule is Cc1ccc(OCCNC(=O)c2cc3ccccc3nc2C)cc1. The summed E-state index contributed by atoms with van der Waals surface area (Å²) in [6, 6.07) is 17.5. The number of rotatable bonds is 5. The number of para-hydroxylation sites is 1. The lowest BCUT2D eigenvalue weighted by Crippen LogP contribution is -2.28. The normalized spacial score (nSPS) is 10.6. The van der Waals surface area contributed by atoms with E-state index in [1.54, 1.807) is 0 Å². The van der Waals surface area contributed by atoms with Gasteiger partial charge in [0.2, 0.25) is 0 Å². The summed E-state index contributed by atoms with van der Waals surface area (Å²) in [6.45, 7) is 4.75. The Labute approximate surface area is 141 Å². The maximum atomic E-state index is 12.4. The van der Waals surface area contributed by atoms with Gasteiger partial charge in [0, 0.05) is 5.39 Å². The highest BCUT2D eigenvalue weighted by Gasteiger charge is 2.11. The molecule has 0 bridgehead atoms. The van der Waals surface area contributed by atoms with Crippen LogP contribution in [-0.2, 0) is 0 Å². The minimum atomic E-state index is -0.127. The van der Waals surface area contributed by atoms with Crippen molar-refractivity contribution < 1.29 is 9.53 Å². The molecule has 1 aromatic heterocycles. The van der Waals surface area contributed by atoms with Crippen LogP contribution in [0.1, 0.15) is 21.6 Å². The van der Waals surface area contributed by atoms with Crippen LogP contribution < -0.4 is 10.1 Å². The number of nitrogens with zero attached hydrogens (tertiary/aromatic N) is 1. The van der Waals surface area contributed by atoms with Crippen molar-refractivity contribution in [3.63, 3.8) is 0 Å². The predicted molar refractivity (Wildman–Crippen MR) is 95.5 cm³/mol. The molecule has 1 heterocycles. The lowest BCUT2D eigenvalue weighted by atomic mass is 10.1. The molecule has 1 amide bonds. The molecule has 0 atom stereocenters. The van der Waals surface area contributed by atoms with Gasteiger partial charge in [0.05, 0.1) is 23.3 Å². The van der Waals surface area contributed by atoms with Crippen molar-refractivity contribution in [3.8, 4) is 5.75 Å². The van der Waals surface area contributed by atoms with Gasteiger partial charge in [0.15, 0.2) is 0 Å². The second-order valence-electron chi connectivity index (χ2n) is 5.73. The van der Waals surface area contributed by atoms with Gasteiger partial charge in [-0.25, -0.2) is 0 Å². The van der Waals surface area contributed by atoms with Crippen molar-refractivity contribution >= 4 is 16.8 Å². The maximum Gasteiger partial charge on any atom is 0.253 e. The molecule has 0 saturated carbocycles. The van der Waals surface area contributed by atoms with E-state index in [-0.39, 0.29) is 5.91 Å². The van der Waals surface area contributed by atoms with Crippen LogP contribution in [0.2, 0.25) is 0 Å². The minimum absolute atomic E-state index is 0.127. The van der Waals surface area contributed by atoms with E-state index >= 15 is 0 Å². The van der Waals surface area contributed by atoms with Crippen molar-refractivity contribution in [2.75, 3.05) is 13.2 Å². The van der Waals surface area contributed by atoms with Gasteiger partial charge in [-0.2, -0.15) is 0 Å². The Bertz CT molecular complexity index is 857. The minimum Gasteiger partial charge on any atom is -0.492 e. The average molecular weight is 320 g/mol. The molecule has 0 aliphatic carbocycles. The van der Waals surface area contributed by atoms with Gasteiger partial charge in [0.25, 0.3) is 5.91 Å². The number of amides is 1. The number of hydrogen-bond acceptors (Lipinski definition) is 3. The molecule has 0 radical (unpaired) electrons. The van der Waals surface area contributed by atoms with Crippen molar-refractivity contribution in [1.29, 1.82) is 0 Å². The number of aromatic nitrogens is 1.